The van der Waals surface area contributed by atoms with Crippen LogP contribution in [0, 0.1) is 5.41 Å². The second-order valence-corrected chi connectivity index (χ2v) is 8.77. The Bertz CT molecular complexity index is 746. The van der Waals surface area contributed by atoms with E-state index in [0.717, 1.165) is 37.9 Å². The van der Waals surface area contributed by atoms with Gasteiger partial charge in [-0.25, -0.2) is 0 Å². The summed E-state index contributed by atoms with van der Waals surface area (Å²) in [6, 6.07) is 8.06. The summed E-state index contributed by atoms with van der Waals surface area (Å²) in [4.78, 5) is 27.9. The summed E-state index contributed by atoms with van der Waals surface area (Å²) in [7, 11) is 0. The molecule has 5 nitrogen and oxygen atoms in total. The number of benzene rings is 1. The van der Waals surface area contributed by atoms with E-state index in [1.807, 2.05) is 17.0 Å². The number of aliphatic hydroxyl groups is 1. The summed E-state index contributed by atoms with van der Waals surface area (Å²) in [5.74, 6) is 0.268. The number of hydrogen-bond acceptors (Lipinski definition) is 3. The minimum absolute atomic E-state index is 0.0338. The maximum absolute atomic E-state index is 12.5. The van der Waals surface area contributed by atoms with Gasteiger partial charge in [0.15, 0.2) is 0 Å². The summed E-state index contributed by atoms with van der Waals surface area (Å²) in [5, 5.41) is 9.07. The number of likely N-dealkylation sites (tertiary alicyclic amines) is 1. The third-order valence-electron chi connectivity index (χ3n) is 6.21. The molecule has 1 saturated heterocycles. The third-order valence-corrected chi connectivity index (χ3v) is 6.21. The number of hydrogen-bond donors (Lipinski definition) is 1. The Labute approximate surface area is 168 Å². The van der Waals surface area contributed by atoms with Crippen LogP contribution in [0.1, 0.15) is 61.9 Å². The van der Waals surface area contributed by atoms with Crippen LogP contribution in [0.5, 0.6) is 0 Å². The van der Waals surface area contributed by atoms with E-state index in [-0.39, 0.29) is 17.2 Å². The Morgan fingerprint density at radius 1 is 1.11 bits per heavy atom. The Hall–Kier alpha value is -2.14. The molecule has 0 saturated carbocycles. The minimum Gasteiger partial charge on any atom is -0.387 e. The highest BCUT2D eigenvalue weighted by Gasteiger charge is 2.31. The van der Waals surface area contributed by atoms with E-state index in [1.165, 1.54) is 11.1 Å². The summed E-state index contributed by atoms with van der Waals surface area (Å²) < 4.78 is 0. The molecule has 5 heteroatoms. The van der Waals surface area contributed by atoms with Crippen LogP contribution in [0.3, 0.4) is 0 Å². The zero-order valence-electron chi connectivity index (χ0n) is 17.3. The van der Waals surface area contributed by atoms with Gasteiger partial charge in [-0.15, -0.1) is 0 Å². The SMILES string of the molecule is CC(CC(C)(C)C1=CCN(C(=O)CO)C1)c1ccc(C(=O)N2CCCC2)cc1. The van der Waals surface area contributed by atoms with Crippen molar-refractivity contribution in [1.29, 1.82) is 0 Å². The van der Waals surface area contributed by atoms with Gasteiger partial charge in [0, 0.05) is 31.7 Å². The van der Waals surface area contributed by atoms with Crippen molar-refractivity contribution in [2.75, 3.05) is 32.8 Å². The van der Waals surface area contributed by atoms with Gasteiger partial charge in [0.2, 0.25) is 5.91 Å². The third kappa shape index (κ3) is 4.46. The molecule has 0 aliphatic carbocycles. The molecule has 28 heavy (non-hydrogen) atoms. The monoisotopic (exact) mass is 384 g/mol. The van der Waals surface area contributed by atoms with Gasteiger partial charge in [0.05, 0.1) is 0 Å². The van der Waals surface area contributed by atoms with Gasteiger partial charge in [0.1, 0.15) is 6.61 Å². The van der Waals surface area contributed by atoms with Gasteiger partial charge in [-0.2, -0.15) is 0 Å². The normalized spacial score (nSPS) is 18.4. The van der Waals surface area contributed by atoms with Crippen molar-refractivity contribution in [3.05, 3.63) is 47.0 Å². The van der Waals surface area contributed by atoms with Gasteiger partial charge in [-0.3, -0.25) is 9.59 Å². The number of nitrogens with zero attached hydrogens (tertiary/aromatic N) is 2. The van der Waals surface area contributed by atoms with Crippen molar-refractivity contribution in [3.63, 3.8) is 0 Å². The lowest BCUT2D eigenvalue weighted by Crippen LogP contribution is -2.33. The first-order chi connectivity index (χ1) is 13.3. The first-order valence-electron chi connectivity index (χ1n) is 10.3. The Morgan fingerprint density at radius 2 is 1.75 bits per heavy atom. The second-order valence-electron chi connectivity index (χ2n) is 8.77. The molecule has 1 unspecified atom stereocenters. The van der Waals surface area contributed by atoms with Crippen LogP contribution in [-0.2, 0) is 4.79 Å². The topological polar surface area (TPSA) is 60.9 Å². The Balaban J connectivity index is 1.61. The smallest absolute Gasteiger partial charge is 0.253 e. The highest BCUT2D eigenvalue weighted by atomic mass is 16.3. The molecular formula is C23H32N2O3. The molecule has 1 fully saturated rings. The van der Waals surface area contributed by atoms with Gasteiger partial charge < -0.3 is 14.9 Å². The molecule has 152 valence electrons. The van der Waals surface area contributed by atoms with Crippen molar-refractivity contribution in [2.24, 2.45) is 5.41 Å². The van der Waals surface area contributed by atoms with Crippen LogP contribution >= 0.6 is 0 Å². The molecule has 2 amide bonds. The molecule has 0 bridgehead atoms. The maximum atomic E-state index is 12.5. The largest absolute Gasteiger partial charge is 0.387 e. The Morgan fingerprint density at radius 3 is 2.36 bits per heavy atom. The molecule has 2 aliphatic heterocycles. The predicted octanol–water partition coefficient (Wildman–Crippen LogP) is 3.20. The number of carbonyl (C=O) groups excluding carboxylic acids is 2. The van der Waals surface area contributed by atoms with E-state index in [2.05, 4.69) is 39.0 Å². The number of carbonyl (C=O) groups is 2. The van der Waals surface area contributed by atoms with Crippen molar-refractivity contribution >= 4 is 11.8 Å². The molecule has 0 spiro atoms. The fourth-order valence-electron chi connectivity index (χ4n) is 4.41. The molecule has 2 aliphatic rings. The first kappa shape index (κ1) is 20.6. The average molecular weight is 385 g/mol. The fourth-order valence-corrected chi connectivity index (χ4v) is 4.41. The Kier molecular flexibility index (Phi) is 6.23. The van der Waals surface area contributed by atoms with Gasteiger partial charge in [-0.05, 0) is 53.9 Å². The highest BCUT2D eigenvalue weighted by molar-refractivity contribution is 5.94. The quantitative estimate of drug-likeness (QED) is 0.766. The molecular weight excluding hydrogens is 352 g/mol. The van der Waals surface area contributed by atoms with Crippen LogP contribution in [0.15, 0.2) is 35.9 Å². The van der Waals surface area contributed by atoms with E-state index >= 15 is 0 Å². The second kappa shape index (κ2) is 8.48. The fraction of sp³-hybridized carbons (Fsp3) is 0.565. The van der Waals surface area contributed by atoms with Crippen molar-refractivity contribution in [3.8, 4) is 0 Å². The number of amides is 2. The summed E-state index contributed by atoms with van der Waals surface area (Å²) >= 11 is 0. The van der Waals surface area contributed by atoms with Crippen LogP contribution in [0.4, 0.5) is 0 Å². The molecule has 3 rings (SSSR count). The average Bonchev–Trinajstić information content (AvgIpc) is 3.38. The molecule has 0 radical (unpaired) electrons. The number of rotatable bonds is 6. The summed E-state index contributed by atoms with van der Waals surface area (Å²) in [6.07, 6.45) is 5.29. The summed E-state index contributed by atoms with van der Waals surface area (Å²) in [6.45, 7) is 9.14. The lowest BCUT2D eigenvalue weighted by Gasteiger charge is -2.31. The molecule has 0 aromatic heterocycles. The molecule has 1 aromatic carbocycles. The molecule has 1 aromatic rings. The van der Waals surface area contributed by atoms with Crippen molar-refractivity contribution in [2.45, 2.75) is 46.0 Å². The van der Waals surface area contributed by atoms with Gasteiger partial charge in [-0.1, -0.05) is 39.0 Å². The lowest BCUT2D eigenvalue weighted by molar-refractivity contribution is -0.132. The van der Waals surface area contributed by atoms with E-state index in [1.54, 1.807) is 4.90 Å². The number of aliphatic hydroxyl groups excluding tert-OH is 1. The predicted molar refractivity (Wildman–Crippen MR) is 110 cm³/mol. The van der Waals surface area contributed by atoms with Crippen molar-refractivity contribution < 1.29 is 14.7 Å². The maximum Gasteiger partial charge on any atom is 0.253 e. The lowest BCUT2D eigenvalue weighted by atomic mass is 9.75. The van der Waals surface area contributed by atoms with Crippen molar-refractivity contribution in [1.82, 2.24) is 9.80 Å². The van der Waals surface area contributed by atoms with E-state index < -0.39 is 6.61 Å². The molecule has 1 N–H and O–H groups in total. The zero-order valence-corrected chi connectivity index (χ0v) is 17.3. The standard InChI is InChI=1S/C23H32N2O3/c1-17(14-23(2,3)20-10-13-25(15-20)21(27)16-26)18-6-8-19(9-7-18)22(28)24-11-4-5-12-24/h6-10,17,26H,4-5,11-16H2,1-3H3. The van der Waals surface area contributed by atoms with E-state index in [4.69, 9.17) is 5.11 Å². The van der Waals surface area contributed by atoms with Crippen LogP contribution in [0.2, 0.25) is 0 Å². The molecule has 1 atom stereocenters. The van der Waals surface area contributed by atoms with Gasteiger partial charge >= 0.3 is 0 Å². The minimum atomic E-state index is -0.430. The summed E-state index contributed by atoms with van der Waals surface area (Å²) in [5.41, 5.74) is 3.22. The first-order valence-corrected chi connectivity index (χ1v) is 10.3. The zero-order chi connectivity index (χ0) is 20.3. The van der Waals surface area contributed by atoms with Crippen LogP contribution in [0.25, 0.3) is 0 Å². The van der Waals surface area contributed by atoms with E-state index in [9.17, 15) is 9.59 Å². The van der Waals surface area contributed by atoms with E-state index in [0.29, 0.717) is 19.0 Å². The van der Waals surface area contributed by atoms with Crippen LogP contribution < -0.4 is 0 Å². The van der Waals surface area contributed by atoms with Crippen LogP contribution in [-0.4, -0.2) is 59.5 Å². The highest BCUT2D eigenvalue weighted by Crippen LogP contribution is 2.39. The molecule has 2 heterocycles. The van der Waals surface area contributed by atoms with Gasteiger partial charge in [0.25, 0.3) is 5.91 Å².